The number of hydrogen-bond donors (Lipinski definition) is 2. The third-order valence-electron chi connectivity index (χ3n) is 3.28. The maximum atomic E-state index is 12.7. The molecule has 1 aromatic heterocycles. The van der Waals surface area contributed by atoms with E-state index in [0.717, 1.165) is 6.07 Å². The number of aliphatic hydroxyl groups excluding tert-OH is 1. The molecule has 1 amide bonds. The predicted molar refractivity (Wildman–Crippen MR) is 84.0 cm³/mol. The van der Waals surface area contributed by atoms with Gasteiger partial charge in [-0.25, -0.2) is 4.98 Å². The molecule has 0 fully saturated rings. The number of benzene rings is 1. The number of nitrogens with zero attached hydrogens (tertiary/aromatic N) is 2. The molecule has 0 aliphatic rings. The van der Waals surface area contributed by atoms with Gasteiger partial charge >= 0.3 is 6.18 Å². The number of halogens is 3. The van der Waals surface area contributed by atoms with Gasteiger partial charge in [-0.3, -0.25) is 4.79 Å². The quantitative estimate of drug-likeness (QED) is 0.899. The van der Waals surface area contributed by atoms with Gasteiger partial charge in [0.15, 0.2) is 6.10 Å². The van der Waals surface area contributed by atoms with Crippen molar-refractivity contribution >= 4 is 17.4 Å². The van der Waals surface area contributed by atoms with Crippen LogP contribution < -0.4 is 10.2 Å². The van der Waals surface area contributed by atoms with E-state index >= 15 is 0 Å². The molecule has 0 radical (unpaired) electrons. The summed E-state index contributed by atoms with van der Waals surface area (Å²) in [5.74, 6) is 0.0223. The zero-order valence-electron chi connectivity index (χ0n) is 13.0. The van der Waals surface area contributed by atoms with Gasteiger partial charge < -0.3 is 15.3 Å². The summed E-state index contributed by atoms with van der Waals surface area (Å²) in [5, 5.41) is 11.8. The second kappa shape index (κ2) is 6.88. The largest absolute Gasteiger partial charge is 0.418 e. The minimum Gasteiger partial charge on any atom is -0.379 e. The summed E-state index contributed by atoms with van der Waals surface area (Å²) < 4.78 is 38.2. The van der Waals surface area contributed by atoms with E-state index in [-0.39, 0.29) is 11.3 Å². The summed E-state index contributed by atoms with van der Waals surface area (Å²) in [5.41, 5.74) is -0.336. The molecule has 0 aliphatic heterocycles. The lowest BCUT2D eigenvalue weighted by atomic mass is 10.1. The molecule has 0 unspecified atom stereocenters. The number of aromatic nitrogens is 1. The second-order valence-corrected chi connectivity index (χ2v) is 5.29. The number of para-hydroxylation sites is 1. The lowest BCUT2D eigenvalue weighted by Crippen LogP contribution is -2.22. The van der Waals surface area contributed by atoms with Gasteiger partial charge in [0.1, 0.15) is 5.82 Å². The maximum Gasteiger partial charge on any atom is 0.418 e. The number of aliphatic hydroxyl groups is 1. The van der Waals surface area contributed by atoms with Crippen LogP contribution in [-0.2, 0) is 0 Å². The van der Waals surface area contributed by atoms with Crippen LogP contribution in [0.1, 0.15) is 22.0 Å². The number of pyridine rings is 1. The summed E-state index contributed by atoms with van der Waals surface area (Å²) in [6, 6.07) is 8.36. The van der Waals surface area contributed by atoms with Crippen LogP contribution in [0.15, 0.2) is 42.6 Å². The van der Waals surface area contributed by atoms with Gasteiger partial charge in [-0.2, -0.15) is 13.2 Å². The Balaban J connectivity index is 2.23. The average Bonchev–Trinajstić information content (AvgIpc) is 2.54. The van der Waals surface area contributed by atoms with Crippen LogP contribution in [0.25, 0.3) is 0 Å². The van der Waals surface area contributed by atoms with Crippen molar-refractivity contribution in [2.45, 2.75) is 12.3 Å². The number of amides is 1. The fourth-order valence-electron chi connectivity index (χ4n) is 2.01. The summed E-state index contributed by atoms with van der Waals surface area (Å²) >= 11 is 0. The molecule has 1 heterocycles. The lowest BCUT2D eigenvalue weighted by molar-refractivity contribution is -0.206. The van der Waals surface area contributed by atoms with Crippen molar-refractivity contribution in [2.24, 2.45) is 0 Å². The van der Waals surface area contributed by atoms with Crippen molar-refractivity contribution in [1.29, 1.82) is 0 Å². The summed E-state index contributed by atoms with van der Waals surface area (Å²) in [6.45, 7) is 0. The van der Waals surface area contributed by atoms with Gasteiger partial charge in [0.2, 0.25) is 0 Å². The Morgan fingerprint density at radius 1 is 1.21 bits per heavy atom. The van der Waals surface area contributed by atoms with Crippen LogP contribution in [0.4, 0.5) is 24.7 Å². The predicted octanol–water partition coefficient (Wildman–Crippen LogP) is 3.00. The molecule has 1 aromatic carbocycles. The number of hydrogen-bond acceptors (Lipinski definition) is 4. The zero-order chi connectivity index (χ0) is 17.9. The van der Waals surface area contributed by atoms with Crippen molar-refractivity contribution in [3.8, 4) is 0 Å². The van der Waals surface area contributed by atoms with Gasteiger partial charge in [0.05, 0.1) is 5.56 Å². The highest BCUT2D eigenvalue weighted by Crippen LogP contribution is 2.36. The third kappa shape index (κ3) is 4.02. The van der Waals surface area contributed by atoms with Crippen LogP contribution in [-0.4, -0.2) is 36.3 Å². The first kappa shape index (κ1) is 17.7. The molecule has 128 valence electrons. The first-order valence-corrected chi connectivity index (χ1v) is 6.98. The molecule has 8 heteroatoms. The van der Waals surface area contributed by atoms with E-state index in [0.29, 0.717) is 5.82 Å². The number of carbonyl (C=O) groups excluding carboxylic acids is 1. The minimum absolute atomic E-state index is 0.107. The first-order valence-electron chi connectivity index (χ1n) is 6.98. The molecule has 1 atom stereocenters. The van der Waals surface area contributed by atoms with Crippen molar-refractivity contribution < 1.29 is 23.1 Å². The van der Waals surface area contributed by atoms with E-state index in [1.165, 1.54) is 30.5 Å². The fraction of sp³-hybridized carbons (Fsp3) is 0.250. The number of anilines is 2. The standard InChI is InChI=1S/C16H16F3N3O2/c1-22(2)13-8-7-10(9-20-13)15(24)21-12-6-4-3-5-11(12)14(23)16(17,18)19/h3-9,14,23H,1-2H3,(H,21,24)/t14-/m1/s1. The molecule has 24 heavy (non-hydrogen) atoms. The SMILES string of the molecule is CN(C)c1ccc(C(=O)Nc2ccccc2[C@@H](O)C(F)(F)F)cn1. The van der Waals surface area contributed by atoms with Crippen LogP contribution in [0.2, 0.25) is 0 Å². The normalized spacial score (nSPS) is 12.6. The fourth-order valence-corrected chi connectivity index (χ4v) is 2.01. The van der Waals surface area contributed by atoms with Gasteiger partial charge in [0.25, 0.3) is 5.91 Å². The second-order valence-electron chi connectivity index (χ2n) is 5.29. The van der Waals surface area contributed by atoms with Crippen molar-refractivity contribution in [2.75, 3.05) is 24.3 Å². The van der Waals surface area contributed by atoms with Gasteiger partial charge in [-0.15, -0.1) is 0 Å². The first-order chi connectivity index (χ1) is 11.2. The summed E-state index contributed by atoms with van der Waals surface area (Å²) in [4.78, 5) is 18.0. The molecule has 2 aromatic rings. The maximum absolute atomic E-state index is 12.7. The number of nitrogens with one attached hydrogen (secondary N) is 1. The molecule has 0 saturated heterocycles. The van der Waals surface area contributed by atoms with E-state index in [4.69, 9.17) is 0 Å². The Hall–Kier alpha value is -2.61. The van der Waals surface area contributed by atoms with Crippen molar-refractivity contribution in [1.82, 2.24) is 4.98 Å². The molecule has 0 aliphatic carbocycles. The lowest BCUT2D eigenvalue weighted by Gasteiger charge is -2.18. The van der Waals surface area contributed by atoms with Crippen LogP contribution in [0.5, 0.6) is 0 Å². The van der Waals surface area contributed by atoms with Gasteiger partial charge in [-0.05, 0) is 18.2 Å². The van der Waals surface area contributed by atoms with Crippen molar-refractivity contribution in [3.05, 3.63) is 53.7 Å². The Kier molecular flexibility index (Phi) is 5.08. The average molecular weight is 339 g/mol. The van der Waals surface area contributed by atoms with Gasteiger partial charge in [0, 0.05) is 31.5 Å². The molecule has 0 saturated carbocycles. The highest BCUT2D eigenvalue weighted by Gasteiger charge is 2.40. The van der Waals surface area contributed by atoms with E-state index in [2.05, 4.69) is 10.3 Å². The van der Waals surface area contributed by atoms with E-state index < -0.39 is 23.8 Å². The highest BCUT2D eigenvalue weighted by atomic mass is 19.4. The Morgan fingerprint density at radius 2 is 1.88 bits per heavy atom. The number of alkyl halides is 3. The monoisotopic (exact) mass is 339 g/mol. The van der Waals surface area contributed by atoms with Crippen LogP contribution in [0.3, 0.4) is 0 Å². The molecular weight excluding hydrogens is 323 g/mol. The smallest absolute Gasteiger partial charge is 0.379 e. The molecular formula is C16H16F3N3O2. The van der Waals surface area contributed by atoms with E-state index in [1.807, 2.05) is 0 Å². The number of rotatable bonds is 4. The van der Waals surface area contributed by atoms with Gasteiger partial charge in [-0.1, -0.05) is 18.2 Å². The Bertz CT molecular complexity index is 715. The highest BCUT2D eigenvalue weighted by molar-refractivity contribution is 6.04. The Labute approximate surface area is 136 Å². The summed E-state index contributed by atoms with van der Waals surface area (Å²) in [6.07, 6.45) is -6.17. The van der Waals surface area contributed by atoms with Crippen molar-refractivity contribution in [3.63, 3.8) is 0 Å². The number of carbonyl (C=O) groups is 1. The molecule has 0 spiro atoms. The van der Waals surface area contributed by atoms with E-state index in [1.54, 1.807) is 25.1 Å². The zero-order valence-corrected chi connectivity index (χ0v) is 13.0. The third-order valence-corrected chi connectivity index (χ3v) is 3.28. The molecule has 0 bridgehead atoms. The van der Waals surface area contributed by atoms with Crippen LogP contribution >= 0.6 is 0 Å². The minimum atomic E-state index is -4.82. The van der Waals surface area contributed by atoms with E-state index in [9.17, 15) is 23.1 Å². The summed E-state index contributed by atoms with van der Waals surface area (Å²) in [7, 11) is 3.58. The molecule has 2 N–H and O–H groups in total. The topological polar surface area (TPSA) is 65.5 Å². The molecule has 2 rings (SSSR count). The Morgan fingerprint density at radius 3 is 2.42 bits per heavy atom. The molecule has 5 nitrogen and oxygen atoms in total. The van der Waals surface area contributed by atoms with Crippen LogP contribution in [0, 0.1) is 0 Å².